The lowest BCUT2D eigenvalue weighted by Gasteiger charge is -2.26. The fourth-order valence-electron chi connectivity index (χ4n) is 2.71. The molecule has 0 unspecified atom stereocenters. The van der Waals surface area contributed by atoms with Crippen molar-refractivity contribution in [3.63, 3.8) is 0 Å². The Morgan fingerprint density at radius 3 is 2.74 bits per heavy atom. The zero-order chi connectivity index (χ0) is 13.9. The van der Waals surface area contributed by atoms with Crippen molar-refractivity contribution < 1.29 is 0 Å². The molecule has 4 nitrogen and oxygen atoms in total. The van der Waals surface area contributed by atoms with E-state index in [2.05, 4.69) is 10.3 Å². The molecule has 1 heterocycles. The minimum absolute atomic E-state index is 0.0554. The Balaban J connectivity index is 2.11. The largest absolute Gasteiger partial charge is 0.365 e. The summed E-state index contributed by atoms with van der Waals surface area (Å²) in [7, 11) is 0. The van der Waals surface area contributed by atoms with Crippen LogP contribution in [0.1, 0.15) is 45.6 Å². The van der Waals surface area contributed by atoms with E-state index >= 15 is 0 Å². The first kappa shape index (κ1) is 14.4. The molecule has 0 radical (unpaired) electrons. The van der Waals surface area contributed by atoms with Gasteiger partial charge < -0.3 is 9.88 Å². The van der Waals surface area contributed by atoms with Crippen molar-refractivity contribution in [2.24, 2.45) is 5.41 Å². The van der Waals surface area contributed by atoms with Crippen molar-refractivity contribution in [2.75, 3.05) is 17.7 Å². The van der Waals surface area contributed by atoms with Crippen LogP contribution in [0.25, 0.3) is 0 Å². The van der Waals surface area contributed by atoms with Gasteiger partial charge in [-0.1, -0.05) is 12.8 Å². The van der Waals surface area contributed by atoms with Gasteiger partial charge in [0.05, 0.1) is 0 Å². The molecule has 1 aliphatic rings. The molecule has 106 valence electrons. The molecule has 1 aromatic heterocycles. The van der Waals surface area contributed by atoms with E-state index in [1.807, 2.05) is 13.8 Å². The normalized spacial score (nSPS) is 17.9. The van der Waals surface area contributed by atoms with Crippen LogP contribution in [0.3, 0.4) is 0 Å². The quantitative estimate of drug-likeness (QED) is 0.845. The maximum Gasteiger partial charge on any atom is 0.293 e. The van der Waals surface area contributed by atoms with Crippen LogP contribution in [0.15, 0.2) is 17.2 Å². The average Bonchev–Trinajstić information content (AvgIpc) is 2.87. The van der Waals surface area contributed by atoms with E-state index < -0.39 is 0 Å². The number of aromatic nitrogens is 2. The third-order valence-corrected chi connectivity index (χ3v) is 4.57. The number of rotatable bonds is 5. The number of hydrogen-bond acceptors (Lipinski definition) is 3. The zero-order valence-electron chi connectivity index (χ0n) is 11.7. The van der Waals surface area contributed by atoms with E-state index in [9.17, 15) is 4.79 Å². The third kappa shape index (κ3) is 3.11. The molecule has 0 saturated heterocycles. The van der Waals surface area contributed by atoms with Crippen LogP contribution in [0.2, 0.25) is 0 Å². The number of hydrogen-bond donors (Lipinski definition) is 1. The molecule has 0 bridgehead atoms. The summed E-state index contributed by atoms with van der Waals surface area (Å²) in [6, 6.07) is 0.143. The van der Waals surface area contributed by atoms with Crippen LogP contribution < -0.4 is 10.9 Å². The van der Waals surface area contributed by atoms with Crippen molar-refractivity contribution >= 4 is 17.4 Å². The van der Waals surface area contributed by atoms with Gasteiger partial charge in [-0.25, -0.2) is 4.98 Å². The molecule has 1 fully saturated rings. The predicted molar refractivity (Wildman–Crippen MR) is 79.0 cm³/mol. The number of nitrogens with zero attached hydrogens (tertiary/aromatic N) is 2. The zero-order valence-corrected chi connectivity index (χ0v) is 12.4. The first-order valence-corrected chi connectivity index (χ1v) is 7.48. The molecule has 0 atom stereocenters. The number of nitrogens with one attached hydrogen (secondary N) is 1. The van der Waals surface area contributed by atoms with Crippen LogP contribution >= 0.6 is 11.6 Å². The maximum atomic E-state index is 12.2. The topological polar surface area (TPSA) is 46.9 Å². The highest BCUT2D eigenvalue weighted by Crippen LogP contribution is 2.38. The Morgan fingerprint density at radius 1 is 1.47 bits per heavy atom. The van der Waals surface area contributed by atoms with Crippen LogP contribution in [-0.2, 0) is 0 Å². The van der Waals surface area contributed by atoms with Crippen molar-refractivity contribution in [1.29, 1.82) is 0 Å². The maximum absolute atomic E-state index is 12.2. The highest BCUT2D eigenvalue weighted by Gasteiger charge is 2.33. The van der Waals surface area contributed by atoms with E-state index in [1.165, 1.54) is 12.8 Å². The molecule has 5 heteroatoms. The Kier molecular flexibility index (Phi) is 4.50. The van der Waals surface area contributed by atoms with Gasteiger partial charge in [0.15, 0.2) is 5.82 Å². The van der Waals surface area contributed by atoms with E-state index in [1.54, 1.807) is 17.0 Å². The van der Waals surface area contributed by atoms with Crippen molar-refractivity contribution in [3.8, 4) is 0 Å². The van der Waals surface area contributed by atoms with Gasteiger partial charge >= 0.3 is 0 Å². The minimum atomic E-state index is -0.0554. The van der Waals surface area contributed by atoms with Gasteiger partial charge in [-0.15, -0.1) is 11.6 Å². The lowest BCUT2D eigenvalue weighted by molar-refractivity contribution is 0.368. The van der Waals surface area contributed by atoms with E-state index in [0.717, 1.165) is 19.4 Å². The summed E-state index contributed by atoms with van der Waals surface area (Å²) in [6.45, 7) is 4.71. The molecule has 1 N–H and O–H groups in total. The molecule has 0 aliphatic heterocycles. The van der Waals surface area contributed by atoms with E-state index in [4.69, 9.17) is 11.6 Å². The lowest BCUT2D eigenvalue weighted by atomic mass is 9.88. The standard InChI is InChI=1S/C14H22ClN3O/c1-11(2)18-8-7-16-12(13(18)19)17-10-14(9-15)5-3-4-6-14/h7-8,11H,3-6,9-10H2,1-2H3,(H,16,17). The average molecular weight is 284 g/mol. The summed E-state index contributed by atoms with van der Waals surface area (Å²) >= 11 is 6.11. The molecular weight excluding hydrogens is 262 g/mol. The van der Waals surface area contributed by atoms with Gasteiger partial charge in [-0.05, 0) is 26.7 Å². The molecular formula is C14H22ClN3O. The summed E-state index contributed by atoms with van der Waals surface area (Å²) in [5.41, 5.74) is 0.0778. The molecule has 1 aliphatic carbocycles. The second-order valence-electron chi connectivity index (χ2n) is 5.78. The summed E-state index contributed by atoms with van der Waals surface area (Å²) in [6.07, 6.45) is 8.12. The predicted octanol–water partition coefficient (Wildman–Crippen LogP) is 3.04. The summed E-state index contributed by atoms with van der Waals surface area (Å²) < 4.78 is 1.69. The first-order valence-electron chi connectivity index (χ1n) is 6.95. The third-order valence-electron chi connectivity index (χ3n) is 4.00. The van der Waals surface area contributed by atoms with Gasteiger partial charge in [0.2, 0.25) is 0 Å². The molecule has 0 amide bonds. The summed E-state index contributed by atoms with van der Waals surface area (Å²) in [5, 5.41) is 3.21. The van der Waals surface area contributed by atoms with Gasteiger partial charge in [0.1, 0.15) is 0 Å². The van der Waals surface area contributed by atoms with Crippen molar-refractivity contribution in [3.05, 3.63) is 22.7 Å². The van der Waals surface area contributed by atoms with Gasteiger partial charge in [0, 0.05) is 36.3 Å². The van der Waals surface area contributed by atoms with Crippen molar-refractivity contribution in [2.45, 2.75) is 45.6 Å². The summed E-state index contributed by atoms with van der Waals surface area (Å²) in [5.74, 6) is 1.08. The molecule has 1 saturated carbocycles. The second kappa shape index (κ2) is 5.95. The molecule has 1 aromatic rings. The van der Waals surface area contributed by atoms with Crippen LogP contribution in [-0.4, -0.2) is 22.0 Å². The second-order valence-corrected chi connectivity index (χ2v) is 6.04. The Labute approximate surface area is 119 Å². The Bertz CT molecular complexity index is 478. The highest BCUT2D eigenvalue weighted by molar-refractivity contribution is 6.18. The molecule has 2 rings (SSSR count). The fraction of sp³-hybridized carbons (Fsp3) is 0.714. The Morgan fingerprint density at radius 2 is 2.16 bits per heavy atom. The van der Waals surface area contributed by atoms with Gasteiger partial charge in [0.25, 0.3) is 5.56 Å². The molecule has 0 spiro atoms. The molecule has 0 aromatic carbocycles. The number of anilines is 1. The van der Waals surface area contributed by atoms with E-state index in [-0.39, 0.29) is 17.0 Å². The van der Waals surface area contributed by atoms with E-state index in [0.29, 0.717) is 11.7 Å². The highest BCUT2D eigenvalue weighted by atomic mass is 35.5. The number of halogens is 1. The van der Waals surface area contributed by atoms with Crippen LogP contribution in [0, 0.1) is 5.41 Å². The van der Waals surface area contributed by atoms with Crippen LogP contribution in [0.4, 0.5) is 5.82 Å². The molecule has 19 heavy (non-hydrogen) atoms. The van der Waals surface area contributed by atoms with Crippen molar-refractivity contribution in [1.82, 2.24) is 9.55 Å². The monoisotopic (exact) mass is 283 g/mol. The fourth-order valence-corrected chi connectivity index (χ4v) is 3.07. The smallest absolute Gasteiger partial charge is 0.293 e. The summed E-state index contributed by atoms with van der Waals surface area (Å²) in [4.78, 5) is 16.4. The van der Waals surface area contributed by atoms with Gasteiger partial charge in [-0.3, -0.25) is 4.79 Å². The SMILES string of the molecule is CC(C)n1ccnc(NCC2(CCl)CCCC2)c1=O. The Hall–Kier alpha value is -1.03. The van der Waals surface area contributed by atoms with Crippen LogP contribution in [0.5, 0.6) is 0 Å². The minimum Gasteiger partial charge on any atom is -0.365 e. The lowest BCUT2D eigenvalue weighted by Crippen LogP contribution is -2.32. The van der Waals surface area contributed by atoms with Gasteiger partial charge in [-0.2, -0.15) is 0 Å². The first-order chi connectivity index (χ1) is 9.08. The number of alkyl halides is 1.